The zero-order valence-electron chi connectivity index (χ0n) is 19.5. The minimum atomic E-state index is -2.88. The number of rotatable bonds is 4. The average Bonchev–Trinajstić information content (AvgIpc) is 3.25. The summed E-state index contributed by atoms with van der Waals surface area (Å²) < 4.78 is 61.7. The topological polar surface area (TPSA) is 94.5 Å². The van der Waals surface area contributed by atoms with Crippen molar-refractivity contribution in [3.05, 3.63) is 58.7 Å². The van der Waals surface area contributed by atoms with E-state index in [2.05, 4.69) is 10.1 Å². The van der Waals surface area contributed by atoms with E-state index in [1.54, 1.807) is 19.2 Å². The van der Waals surface area contributed by atoms with Crippen molar-refractivity contribution in [2.45, 2.75) is 35.7 Å². The van der Waals surface area contributed by atoms with E-state index in [1.807, 2.05) is 17.0 Å². The Hall–Kier alpha value is -2.31. The van der Waals surface area contributed by atoms with E-state index in [9.17, 15) is 13.3 Å². The Kier molecular flexibility index (Phi) is 6.94. The van der Waals surface area contributed by atoms with Gasteiger partial charge in [-0.2, -0.15) is 4.98 Å². The van der Waals surface area contributed by atoms with Crippen molar-refractivity contribution < 1.29 is 22.2 Å². The number of nitrogens with zero attached hydrogens (tertiary/aromatic N) is 4. The molecule has 5 rings (SSSR count). The molecular formula is C24H25ClF3N5O2S. The monoisotopic (exact) mass is 539 g/mol. The predicted octanol–water partition coefficient (Wildman–Crippen LogP) is 4.04. The van der Waals surface area contributed by atoms with Gasteiger partial charge < -0.3 is 19.7 Å². The van der Waals surface area contributed by atoms with Gasteiger partial charge in [-0.1, -0.05) is 28.9 Å². The molecule has 2 aliphatic rings. The number of likely N-dealkylation sites (N-methyl/N-ethyl adjacent to an activating group) is 1. The molecule has 2 N–H and O–H groups in total. The number of hydrogen-bond donors (Lipinski definition) is 1. The highest BCUT2D eigenvalue weighted by molar-refractivity contribution is 7.91. The molecule has 12 heteroatoms. The molecule has 3 atom stereocenters. The maximum absolute atomic E-state index is 15.3. The first-order valence-corrected chi connectivity index (χ1v) is 13.1. The third-order valence-corrected chi connectivity index (χ3v) is 8.15. The van der Waals surface area contributed by atoms with Crippen LogP contribution in [0.5, 0.6) is 0 Å². The molecule has 0 amide bonds. The Morgan fingerprint density at radius 3 is 2.72 bits per heavy atom. The smallest absolute Gasteiger partial charge is 0.261 e. The Morgan fingerprint density at radius 2 is 2.00 bits per heavy atom. The largest absolute Gasteiger partial charge is 0.611 e. The maximum atomic E-state index is 15.3. The van der Waals surface area contributed by atoms with Gasteiger partial charge in [-0.05, 0) is 42.0 Å². The van der Waals surface area contributed by atoms with Crippen molar-refractivity contribution in [1.29, 1.82) is 0 Å². The van der Waals surface area contributed by atoms with Crippen molar-refractivity contribution >= 4 is 28.5 Å². The highest BCUT2D eigenvalue weighted by atomic mass is 35.5. The summed E-state index contributed by atoms with van der Waals surface area (Å²) in [5, 5.41) is 4.50. The lowest BCUT2D eigenvalue weighted by Gasteiger charge is -2.33. The van der Waals surface area contributed by atoms with Crippen LogP contribution in [0.4, 0.5) is 18.9 Å². The molecule has 0 saturated carbocycles. The van der Waals surface area contributed by atoms with Gasteiger partial charge in [-0.15, -0.1) is 0 Å². The predicted molar refractivity (Wildman–Crippen MR) is 131 cm³/mol. The lowest BCUT2D eigenvalue weighted by Crippen LogP contribution is -2.44. The number of alkyl halides is 2. The standard InChI is InChI=1S/C24H25ClF3N5O2S/c1-32-10-15(8-24(27,28)13-32)23-30-22(31-35-23)18-6-20-21(7-19(18)26)36(34)12-17(29)11-33(20)9-14-2-4-16(25)5-3-14/h2-7,15,17H,8-13,29H2,1H3/t15?,17-,36?/m1/s1. The fourth-order valence-electron chi connectivity index (χ4n) is 4.82. The SMILES string of the molecule is CN1CC(c2nc(-c3cc4c(cc3F)[S+]([O-])C[C@H](N)CN4Cc3ccc(Cl)cc3)no2)CC(F)(F)C1. The molecule has 1 fully saturated rings. The number of nitrogens with two attached hydrogens (primary N) is 1. The lowest BCUT2D eigenvalue weighted by atomic mass is 9.95. The van der Waals surface area contributed by atoms with Crippen LogP contribution in [0.2, 0.25) is 5.02 Å². The molecule has 2 aliphatic heterocycles. The first-order valence-electron chi connectivity index (χ1n) is 11.5. The normalized spacial score (nSPS) is 24.4. The first kappa shape index (κ1) is 25.3. The summed E-state index contributed by atoms with van der Waals surface area (Å²) in [5.74, 6) is -4.05. The molecule has 3 heterocycles. The summed E-state index contributed by atoms with van der Waals surface area (Å²) in [6.07, 6.45) is -0.419. The van der Waals surface area contributed by atoms with E-state index in [0.29, 0.717) is 35.2 Å². The second-order valence-electron chi connectivity index (χ2n) is 9.49. The molecule has 0 bridgehead atoms. The minimum Gasteiger partial charge on any atom is -0.611 e. The molecule has 2 unspecified atom stereocenters. The number of piperidine rings is 1. The number of halogens is 4. The molecule has 2 aromatic carbocycles. The van der Waals surface area contributed by atoms with Crippen LogP contribution in [0, 0.1) is 5.82 Å². The van der Waals surface area contributed by atoms with Crippen molar-refractivity contribution in [2.75, 3.05) is 37.3 Å². The first-order chi connectivity index (χ1) is 17.1. The molecule has 1 aromatic heterocycles. The molecule has 36 heavy (non-hydrogen) atoms. The Balaban J connectivity index is 1.50. The van der Waals surface area contributed by atoms with E-state index < -0.39 is 41.3 Å². The number of likely N-dealkylation sites (tertiary alicyclic amines) is 1. The van der Waals surface area contributed by atoms with Gasteiger partial charge in [0.2, 0.25) is 11.7 Å². The van der Waals surface area contributed by atoms with E-state index >= 15 is 4.39 Å². The summed E-state index contributed by atoms with van der Waals surface area (Å²) >= 11 is 4.50. The maximum Gasteiger partial charge on any atom is 0.261 e. The molecule has 7 nitrogen and oxygen atoms in total. The highest BCUT2D eigenvalue weighted by Crippen LogP contribution is 2.38. The van der Waals surface area contributed by atoms with Crippen molar-refractivity contribution in [3.8, 4) is 11.4 Å². The highest BCUT2D eigenvalue weighted by Gasteiger charge is 2.42. The van der Waals surface area contributed by atoms with Crippen LogP contribution >= 0.6 is 11.6 Å². The van der Waals surface area contributed by atoms with Gasteiger partial charge in [0.15, 0.2) is 4.90 Å². The third kappa shape index (κ3) is 5.35. The van der Waals surface area contributed by atoms with Crippen LogP contribution in [0.25, 0.3) is 11.4 Å². The number of benzene rings is 2. The van der Waals surface area contributed by atoms with Gasteiger partial charge in [-0.25, -0.2) is 13.2 Å². The average molecular weight is 540 g/mol. The van der Waals surface area contributed by atoms with E-state index in [1.165, 1.54) is 17.0 Å². The summed E-state index contributed by atoms with van der Waals surface area (Å²) in [6.45, 7) is 0.816. The summed E-state index contributed by atoms with van der Waals surface area (Å²) in [7, 11) is 1.60. The van der Waals surface area contributed by atoms with Gasteiger partial charge >= 0.3 is 0 Å². The summed E-state index contributed by atoms with van der Waals surface area (Å²) in [5.41, 5.74) is 7.75. The van der Waals surface area contributed by atoms with Gasteiger partial charge in [-0.3, -0.25) is 4.90 Å². The summed E-state index contributed by atoms with van der Waals surface area (Å²) in [6, 6.07) is 9.66. The lowest BCUT2D eigenvalue weighted by molar-refractivity contribution is -0.0683. The number of fused-ring (bicyclic) bond motifs is 1. The van der Waals surface area contributed by atoms with Crippen LogP contribution in [-0.4, -0.2) is 64.0 Å². The number of hydrogen-bond acceptors (Lipinski definition) is 7. The minimum absolute atomic E-state index is 0.0354. The third-order valence-electron chi connectivity index (χ3n) is 6.35. The second-order valence-corrected chi connectivity index (χ2v) is 11.4. The zero-order valence-corrected chi connectivity index (χ0v) is 21.0. The van der Waals surface area contributed by atoms with Gasteiger partial charge in [0, 0.05) is 37.1 Å². The Labute approximate surface area is 214 Å². The van der Waals surface area contributed by atoms with Crippen molar-refractivity contribution in [1.82, 2.24) is 15.0 Å². The van der Waals surface area contributed by atoms with Crippen molar-refractivity contribution in [2.24, 2.45) is 5.73 Å². The Morgan fingerprint density at radius 1 is 1.25 bits per heavy atom. The molecular weight excluding hydrogens is 515 g/mol. The van der Waals surface area contributed by atoms with E-state index in [0.717, 1.165) is 5.56 Å². The second kappa shape index (κ2) is 9.86. The van der Waals surface area contributed by atoms with Gasteiger partial charge in [0.25, 0.3) is 5.92 Å². The van der Waals surface area contributed by atoms with E-state index in [4.69, 9.17) is 21.9 Å². The van der Waals surface area contributed by atoms with Crippen LogP contribution in [0.3, 0.4) is 0 Å². The molecule has 192 valence electrons. The quantitative estimate of drug-likeness (QED) is 0.500. The summed E-state index contributed by atoms with van der Waals surface area (Å²) in [4.78, 5) is 8.06. The van der Waals surface area contributed by atoms with Crippen LogP contribution < -0.4 is 10.6 Å². The number of aromatic nitrogens is 2. The Bertz CT molecular complexity index is 1240. The fraction of sp³-hybridized carbons (Fsp3) is 0.417. The van der Waals surface area contributed by atoms with Crippen LogP contribution in [0.15, 0.2) is 45.8 Å². The van der Waals surface area contributed by atoms with Gasteiger partial charge in [0.05, 0.1) is 29.8 Å². The molecule has 0 radical (unpaired) electrons. The van der Waals surface area contributed by atoms with Crippen LogP contribution in [-0.2, 0) is 17.7 Å². The van der Waals surface area contributed by atoms with Crippen LogP contribution in [0.1, 0.15) is 23.8 Å². The zero-order chi connectivity index (χ0) is 25.6. The van der Waals surface area contributed by atoms with Gasteiger partial charge in [0.1, 0.15) is 11.6 Å². The molecule has 0 spiro atoms. The van der Waals surface area contributed by atoms with Crippen molar-refractivity contribution in [3.63, 3.8) is 0 Å². The molecule has 0 aliphatic carbocycles. The fourth-order valence-corrected chi connectivity index (χ4v) is 6.28. The van der Waals surface area contributed by atoms with E-state index in [-0.39, 0.29) is 29.6 Å². The number of anilines is 1. The molecule has 1 saturated heterocycles. The molecule has 3 aromatic rings.